The van der Waals surface area contributed by atoms with Gasteiger partial charge in [0.2, 0.25) is 0 Å². The standard InChI is InChI=1S/C6H12OS2Si/c1-2-9-10-5-3-4-6(7)8/h2-5H2,1H3,(H,7,8). The monoisotopic (exact) mass is 192 g/mol. The Morgan fingerprint density at radius 2 is 2.40 bits per heavy atom. The second-order valence-electron chi connectivity index (χ2n) is 1.82. The van der Waals surface area contributed by atoms with E-state index in [1.165, 1.54) is 11.8 Å². The van der Waals surface area contributed by atoms with Crippen molar-refractivity contribution in [1.29, 1.82) is 0 Å². The van der Waals surface area contributed by atoms with Gasteiger partial charge in [-0.1, -0.05) is 13.0 Å². The molecule has 0 atom stereocenters. The van der Waals surface area contributed by atoms with Gasteiger partial charge in [-0.25, -0.2) is 0 Å². The number of hydrogen-bond donors (Lipinski definition) is 1. The molecular formula is C6H12OS2Si. The maximum Gasteiger partial charge on any atom is 0.185 e. The van der Waals surface area contributed by atoms with E-state index in [-0.39, 0.29) is 5.12 Å². The topological polar surface area (TPSA) is 17.1 Å². The first kappa shape index (κ1) is 10.6. The summed E-state index contributed by atoms with van der Waals surface area (Å²) in [7, 11) is 0.962. The third kappa shape index (κ3) is 8.59. The summed E-state index contributed by atoms with van der Waals surface area (Å²) in [5.74, 6) is 1.19. The van der Waals surface area contributed by atoms with Gasteiger partial charge >= 0.3 is 0 Å². The SMILES string of the molecule is CCS[Si]CCCC(=O)S. The van der Waals surface area contributed by atoms with Gasteiger partial charge in [-0.2, -0.15) is 11.2 Å². The molecule has 0 saturated heterocycles. The zero-order valence-corrected chi connectivity index (χ0v) is 8.80. The molecule has 58 valence electrons. The van der Waals surface area contributed by atoms with Gasteiger partial charge in [0, 0.05) is 6.42 Å². The van der Waals surface area contributed by atoms with Crippen LogP contribution in [-0.2, 0) is 4.79 Å². The molecule has 0 rings (SSSR count). The van der Waals surface area contributed by atoms with Gasteiger partial charge < -0.3 is 0 Å². The average Bonchev–Trinajstić information content (AvgIpc) is 1.87. The van der Waals surface area contributed by atoms with Gasteiger partial charge in [0.05, 0.1) is 0 Å². The summed E-state index contributed by atoms with van der Waals surface area (Å²) in [4.78, 5) is 10.3. The molecule has 0 saturated carbocycles. The molecule has 0 aliphatic heterocycles. The number of thiol groups is 1. The Balaban J connectivity index is 2.84. The van der Waals surface area contributed by atoms with E-state index in [1.807, 2.05) is 11.2 Å². The van der Waals surface area contributed by atoms with E-state index in [1.54, 1.807) is 0 Å². The van der Waals surface area contributed by atoms with Crippen molar-refractivity contribution in [1.82, 2.24) is 0 Å². The summed E-state index contributed by atoms with van der Waals surface area (Å²) < 4.78 is 0. The lowest BCUT2D eigenvalue weighted by Gasteiger charge is -1.94. The first-order valence-corrected chi connectivity index (χ1v) is 6.70. The Morgan fingerprint density at radius 1 is 1.70 bits per heavy atom. The molecule has 0 spiro atoms. The maximum absolute atomic E-state index is 10.3. The van der Waals surface area contributed by atoms with Crippen LogP contribution in [0, 0.1) is 0 Å². The lowest BCUT2D eigenvalue weighted by molar-refractivity contribution is -0.110. The Hall–Kier alpha value is 0.587. The van der Waals surface area contributed by atoms with Crippen molar-refractivity contribution in [3.8, 4) is 0 Å². The van der Waals surface area contributed by atoms with Crippen LogP contribution in [0.1, 0.15) is 19.8 Å². The van der Waals surface area contributed by atoms with Crippen LogP contribution >= 0.6 is 23.8 Å². The molecular weight excluding hydrogens is 180 g/mol. The molecule has 0 N–H and O–H groups in total. The first-order valence-electron chi connectivity index (χ1n) is 3.33. The third-order valence-electron chi connectivity index (χ3n) is 0.916. The molecule has 0 aliphatic rings. The number of hydrogen-bond acceptors (Lipinski definition) is 2. The highest BCUT2D eigenvalue weighted by Crippen LogP contribution is 2.04. The maximum atomic E-state index is 10.3. The van der Waals surface area contributed by atoms with Gasteiger partial charge in [0.25, 0.3) is 0 Å². The van der Waals surface area contributed by atoms with Gasteiger partial charge in [0.1, 0.15) is 8.67 Å². The second-order valence-corrected chi connectivity index (χ2v) is 5.71. The van der Waals surface area contributed by atoms with Crippen LogP contribution in [0.2, 0.25) is 6.04 Å². The fourth-order valence-corrected chi connectivity index (χ4v) is 2.79. The van der Waals surface area contributed by atoms with Crippen LogP contribution in [0.15, 0.2) is 0 Å². The van der Waals surface area contributed by atoms with Crippen molar-refractivity contribution in [2.24, 2.45) is 0 Å². The summed E-state index contributed by atoms with van der Waals surface area (Å²) in [6.45, 7) is 2.15. The van der Waals surface area contributed by atoms with Gasteiger partial charge in [-0.3, -0.25) is 4.79 Å². The highest BCUT2D eigenvalue weighted by molar-refractivity contribution is 8.22. The zero-order chi connectivity index (χ0) is 7.82. The normalized spacial score (nSPS) is 9.80. The molecule has 0 amide bonds. The van der Waals surface area contributed by atoms with E-state index in [4.69, 9.17) is 0 Å². The van der Waals surface area contributed by atoms with Crippen molar-refractivity contribution >= 4 is 37.6 Å². The van der Waals surface area contributed by atoms with E-state index >= 15 is 0 Å². The Morgan fingerprint density at radius 3 is 2.90 bits per heavy atom. The molecule has 4 heteroatoms. The zero-order valence-electron chi connectivity index (χ0n) is 6.09. The molecule has 1 nitrogen and oxygen atoms in total. The van der Waals surface area contributed by atoms with Crippen molar-refractivity contribution in [3.63, 3.8) is 0 Å². The minimum atomic E-state index is 0.0197. The molecule has 0 aromatic carbocycles. The molecule has 0 bridgehead atoms. The highest BCUT2D eigenvalue weighted by Gasteiger charge is 1.94. The summed E-state index contributed by atoms with van der Waals surface area (Å²) in [5.41, 5.74) is 0. The Bertz CT molecular complexity index is 97.7. The molecule has 0 unspecified atom stereocenters. The fourth-order valence-electron chi connectivity index (χ4n) is 0.486. The number of carbonyl (C=O) groups excluding carboxylic acids is 1. The second kappa shape index (κ2) is 7.69. The smallest absolute Gasteiger partial charge is 0.185 e. The lowest BCUT2D eigenvalue weighted by atomic mass is 10.4. The van der Waals surface area contributed by atoms with Gasteiger partial charge in [-0.05, 0) is 12.2 Å². The number of carbonyl (C=O) groups is 1. The first-order chi connectivity index (χ1) is 4.77. The molecule has 0 aliphatic carbocycles. The van der Waals surface area contributed by atoms with Gasteiger partial charge in [0.15, 0.2) is 5.12 Å². The quantitative estimate of drug-likeness (QED) is 0.394. The van der Waals surface area contributed by atoms with Crippen LogP contribution < -0.4 is 0 Å². The van der Waals surface area contributed by atoms with E-state index in [0.717, 1.165) is 15.1 Å². The Labute approximate surface area is 74.2 Å². The molecule has 0 fully saturated rings. The van der Waals surface area contributed by atoms with E-state index < -0.39 is 0 Å². The summed E-state index contributed by atoms with van der Waals surface area (Å²) >= 11 is 5.63. The average molecular weight is 192 g/mol. The van der Waals surface area contributed by atoms with Gasteiger partial charge in [-0.15, -0.1) is 12.6 Å². The summed E-state index contributed by atoms with van der Waals surface area (Å²) in [6.07, 6.45) is 1.65. The van der Waals surface area contributed by atoms with Crippen LogP contribution in [0.3, 0.4) is 0 Å². The van der Waals surface area contributed by atoms with Crippen molar-refractivity contribution in [2.45, 2.75) is 25.8 Å². The molecule has 0 aromatic rings. The van der Waals surface area contributed by atoms with Crippen LogP contribution in [0.5, 0.6) is 0 Å². The minimum absolute atomic E-state index is 0.0197. The van der Waals surface area contributed by atoms with E-state index in [2.05, 4.69) is 19.6 Å². The lowest BCUT2D eigenvalue weighted by Crippen LogP contribution is -1.89. The van der Waals surface area contributed by atoms with Crippen molar-refractivity contribution in [2.75, 3.05) is 5.75 Å². The van der Waals surface area contributed by atoms with Crippen molar-refractivity contribution < 1.29 is 4.79 Å². The van der Waals surface area contributed by atoms with Crippen LogP contribution in [0.25, 0.3) is 0 Å². The summed E-state index contributed by atoms with van der Waals surface area (Å²) in [5, 5.41) is 0.0197. The predicted octanol–water partition coefficient (Wildman–Crippen LogP) is 2.01. The molecule has 10 heavy (non-hydrogen) atoms. The largest absolute Gasteiger partial charge is 0.288 e. The highest BCUT2D eigenvalue weighted by atomic mass is 32.4. The molecule has 0 aromatic heterocycles. The Kier molecular flexibility index (Phi) is 8.14. The van der Waals surface area contributed by atoms with E-state index in [0.29, 0.717) is 6.42 Å². The van der Waals surface area contributed by atoms with Crippen LogP contribution in [0.4, 0.5) is 0 Å². The predicted molar refractivity (Wildman–Crippen MR) is 51.9 cm³/mol. The van der Waals surface area contributed by atoms with Crippen molar-refractivity contribution in [3.05, 3.63) is 0 Å². The number of rotatable bonds is 6. The fraction of sp³-hybridized carbons (Fsp3) is 0.833. The van der Waals surface area contributed by atoms with E-state index in [9.17, 15) is 4.79 Å². The third-order valence-corrected chi connectivity index (χ3v) is 4.28. The molecule has 2 radical (unpaired) electrons. The minimum Gasteiger partial charge on any atom is -0.288 e. The van der Waals surface area contributed by atoms with Crippen LogP contribution in [-0.4, -0.2) is 19.5 Å². The molecule has 0 heterocycles. The summed E-state index contributed by atoms with van der Waals surface area (Å²) in [6, 6.07) is 1.17.